The van der Waals surface area contributed by atoms with Crippen LogP contribution in [0.3, 0.4) is 0 Å². The molecule has 5 rings (SSSR count). The molecule has 1 aromatic heterocycles. The van der Waals surface area contributed by atoms with Crippen molar-refractivity contribution >= 4 is 32.7 Å². The molecule has 190 valence electrons. The highest BCUT2D eigenvalue weighted by Gasteiger charge is 2.29. The standard InChI is InChI=1S/C29H29BrN4O3/c1-3-37-26-14-7-6-13-25(26)34-27(31-24-12-5-4-11-23(24)29(34)36)20(2)32-15-17-33(18-16-32)28(35)21-9-8-10-22(30)19-21/h4-14,19-20H,3,15-18H2,1-2H3. The Balaban J connectivity index is 1.48. The number of carbonyl (C=O) groups is 1. The number of nitrogens with zero attached hydrogens (tertiary/aromatic N) is 4. The summed E-state index contributed by atoms with van der Waals surface area (Å²) in [5.41, 5.74) is 1.90. The van der Waals surface area contributed by atoms with Gasteiger partial charge in [-0.25, -0.2) is 4.98 Å². The number of rotatable bonds is 6. The molecule has 0 spiro atoms. The van der Waals surface area contributed by atoms with Crippen LogP contribution in [0.25, 0.3) is 16.6 Å². The van der Waals surface area contributed by atoms with Gasteiger partial charge in [-0.3, -0.25) is 19.1 Å². The molecule has 1 saturated heterocycles. The highest BCUT2D eigenvalue weighted by Crippen LogP contribution is 2.28. The van der Waals surface area contributed by atoms with E-state index in [-0.39, 0.29) is 17.5 Å². The second kappa shape index (κ2) is 10.9. The monoisotopic (exact) mass is 560 g/mol. The Labute approximate surface area is 224 Å². The van der Waals surface area contributed by atoms with Gasteiger partial charge in [-0.2, -0.15) is 0 Å². The largest absolute Gasteiger partial charge is 0.492 e. The second-order valence-corrected chi connectivity index (χ2v) is 9.96. The van der Waals surface area contributed by atoms with Crippen molar-refractivity contribution in [3.8, 4) is 11.4 Å². The van der Waals surface area contributed by atoms with E-state index in [1.54, 1.807) is 4.57 Å². The van der Waals surface area contributed by atoms with Crippen LogP contribution in [-0.4, -0.2) is 58.0 Å². The van der Waals surface area contributed by atoms with Crippen LogP contribution in [0.15, 0.2) is 82.1 Å². The van der Waals surface area contributed by atoms with E-state index in [9.17, 15) is 9.59 Å². The maximum absolute atomic E-state index is 13.8. The fourth-order valence-corrected chi connectivity index (χ4v) is 5.26. The van der Waals surface area contributed by atoms with Gasteiger partial charge >= 0.3 is 0 Å². The number of hydrogen-bond donors (Lipinski definition) is 0. The number of aromatic nitrogens is 2. The number of carbonyl (C=O) groups excluding carboxylic acids is 1. The average Bonchev–Trinajstić information content (AvgIpc) is 2.93. The molecule has 1 aliphatic rings. The maximum Gasteiger partial charge on any atom is 0.266 e. The molecular formula is C29H29BrN4O3. The molecule has 0 saturated carbocycles. The van der Waals surface area contributed by atoms with Crippen LogP contribution in [0, 0.1) is 0 Å². The second-order valence-electron chi connectivity index (χ2n) is 9.04. The first-order valence-corrected chi connectivity index (χ1v) is 13.3. The van der Waals surface area contributed by atoms with E-state index in [1.807, 2.05) is 84.6 Å². The summed E-state index contributed by atoms with van der Waals surface area (Å²) in [7, 11) is 0. The lowest BCUT2D eigenvalue weighted by molar-refractivity contribution is 0.0573. The summed E-state index contributed by atoms with van der Waals surface area (Å²) in [4.78, 5) is 36.0. The van der Waals surface area contributed by atoms with Crippen molar-refractivity contribution < 1.29 is 9.53 Å². The van der Waals surface area contributed by atoms with E-state index in [0.717, 1.165) is 4.47 Å². The van der Waals surface area contributed by atoms with Gasteiger partial charge in [0.05, 0.1) is 29.2 Å². The third-order valence-corrected chi connectivity index (χ3v) is 7.30. The lowest BCUT2D eigenvalue weighted by Gasteiger charge is -2.38. The molecule has 0 N–H and O–H groups in total. The van der Waals surface area contributed by atoms with Crippen LogP contribution in [0.1, 0.15) is 36.1 Å². The van der Waals surface area contributed by atoms with Crippen LogP contribution < -0.4 is 10.3 Å². The minimum atomic E-state index is -0.157. The Morgan fingerprint density at radius 1 is 1.00 bits per heavy atom. The van der Waals surface area contributed by atoms with Crippen molar-refractivity contribution in [2.45, 2.75) is 19.9 Å². The lowest BCUT2D eigenvalue weighted by atomic mass is 10.1. The van der Waals surface area contributed by atoms with E-state index in [4.69, 9.17) is 9.72 Å². The number of fused-ring (bicyclic) bond motifs is 1. The summed E-state index contributed by atoms with van der Waals surface area (Å²) < 4.78 is 8.46. The fourth-order valence-electron chi connectivity index (χ4n) is 4.86. The van der Waals surface area contributed by atoms with Crippen LogP contribution in [0.5, 0.6) is 5.75 Å². The maximum atomic E-state index is 13.8. The van der Waals surface area contributed by atoms with Crippen molar-refractivity contribution in [1.82, 2.24) is 19.4 Å². The van der Waals surface area contributed by atoms with Crippen molar-refractivity contribution in [1.29, 1.82) is 0 Å². The molecular weight excluding hydrogens is 532 g/mol. The first kappa shape index (κ1) is 25.2. The summed E-state index contributed by atoms with van der Waals surface area (Å²) >= 11 is 3.45. The Bertz CT molecular complexity index is 1490. The molecule has 7 nitrogen and oxygen atoms in total. The SMILES string of the molecule is CCOc1ccccc1-n1c(C(C)N2CCN(C(=O)c3cccc(Br)c3)CC2)nc2ccccc2c1=O. The van der Waals surface area contributed by atoms with Crippen LogP contribution >= 0.6 is 15.9 Å². The number of benzene rings is 3. The summed E-state index contributed by atoms with van der Waals surface area (Å²) in [5.74, 6) is 1.32. The van der Waals surface area contributed by atoms with Crippen molar-refractivity contribution in [2.75, 3.05) is 32.8 Å². The first-order valence-electron chi connectivity index (χ1n) is 12.5. The Morgan fingerprint density at radius 3 is 2.49 bits per heavy atom. The molecule has 3 aromatic carbocycles. The predicted octanol–water partition coefficient (Wildman–Crippen LogP) is 5.07. The Kier molecular flexibility index (Phi) is 7.39. The van der Waals surface area contributed by atoms with Gasteiger partial charge in [0.2, 0.25) is 0 Å². The van der Waals surface area contributed by atoms with Gasteiger partial charge in [0.1, 0.15) is 11.6 Å². The predicted molar refractivity (Wildman–Crippen MR) is 149 cm³/mol. The highest BCUT2D eigenvalue weighted by atomic mass is 79.9. The molecule has 2 heterocycles. The number of halogens is 1. The van der Waals surface area contributed by atoms with Gasteiger partial charge < -0.3 is 9.64 Å². The molecule has 37 heavy (non-hydrogen) atoms. The summed E-state index contributed by atoms with van der Waals surface area (Å²) in [5, 5.41) is 0.564. The molecule has 8 heteroatoms. The van der Waals surface area contributed by atoms with Gasteiger partial charge in [0, 0.05) is 36.2 Å². The van der Waals surface area contributed by atoms with Gasteiger partial charge in [-0.1, -0.05) is 46.3 Å². The minimum Gasteiger partial charge on any atom is -0.492 e. The van der Waals surface area contributed by atoms with Crippen molar-refractivity contribution in [3.05, 3.63) is 99.0 Å². The molecule has 4 aromatic rings. The van der Waals surface area contributed by atoms with E-state index >= 15 is 0 Å². The number of piperazine rings is 1. The number of para-hydroxylation sites is 3. The zero-order valence-corrected chi connectivity index (χ0v) is 22.5. The first-order chi connectivity index (χ1) is 18.0. The number of amides is 1. The summed E-state index contributed by atoms with van der Waals surface area (Å²) in [6, 6.07) is 22.3. The topological polar surface area (TPSA) is 67.7 Å². The van der Waals surface area contributed by atoms with Gasteiger partial charge in [-0.15, -0.1) is 0 Å². The molecule has 0 radical (unpaired) electrons. The molecule has 0 aliphatic carbocycles. The zero-order chi connectivity index (χ0) is 25.9. The van der Waals surface area contributed by atoms with E-state index < -0.39 is 0 Å². The molecule has 1 unspecified atom stereocenters. The third kappa shape index (κ3) is 5.04. The van der Waals surface area contributed by atoms with E-state index in [2.05, 4.69) is 27.8 Å². The van der Waals surface area contributed by atoms with Gasteiger partial charge in [0.25, 0.3) is 11.5 Å². The summed E-state index contributed by atoms with van der Waals surface area (Å²) in [6.07, 6.45) is 0. The van der Waals surface area contributed by atoms with Crippen LogP contribution in [-0.2, 0) is 0 Å². The molecule has 1 amide bonds. The molecule has 1 fully saturated rings. The van der Waals surface area contributed by atoms with Crippen molar-refractivity contribution in [2.24, 2.45) is 0 Å². The lowest BCUT2D eigenvalue weighted by Crippen LogP contribution is -2.50. The quantitative estimate of drug-likeness (QED) is 0.329. The van der Waals surface area contributed by atoms with Crippen LogP contribution in [0.4, 0.5) is 0 Å². The van der Waals surface area contributed by atoms with Gasteiger partial charge in [-0.05, 0) is 56.3 Å². The Morgan fingerprint density at radius 2 is 1.73 bits per heavy atom. The Hall–Kier alpha value is -3.49. The third-order valence-electron chi connectivity index (χ3n) is 6.80. The van der Waals surface area contributed by atoms with Crippen molar-refractivity contribution in [3.63, 3.8) is 0 Å². The number of hydrogen-bond acceptors (Lipinski definition) is 5. The number of ether oxygens (including phenoxy) is 1. The summed E-state index contributed by atoms with van der Waals surface area (Å²) in [6.45, 7) is 7.05. The fraction of sp³-hybridized carbons (Fsp3) is 0.276. The van der Waals surface area contributed by atoms with E-state index in [1.165, 1.54) is 0 Å². The molecule has 0 bridgehead atoms. The minimum absolute atomic E-state index is 0.0278. The zero-order valence-electron chi connectivity index (χ0n) is 20.9. The van der Waals surface area contributed by atoms with Crippen LogP contribution in [0.2, 0.25) is 0 Å². The van der Waals surface area contributed by atoms with E-state index in [0.29, 0.717) is 66.5 Å². The smallest absolute Gasteiger partial charge is 0.266 e. The average molecular weight is 561 g/mol. The van der Waals surface area contributed by atoms with Gasteiger partial charge in [0.15, 0.2) is 0 Å². The molecule has 1 atom stereocenters. The molecule has 1 aliphatic heterocycles. The normalized spacial score (nSPS) is 15.1. The highest BCUT2D eigenvalue weighted by molar-refractivity contribution is 9.10.